The van der Waals surface area contributed by atoms with Crippen molar-refractivity contribution in [1.82, 2.24) is 39.6 Å². The Morgan fingerprint density at radius 1 is 0.288 bits per heavy atom. The lowest BCUT2D eigenvalue weighted by Crippen LogP contribution is -2.53. The summed E-state index contributed by atoms with van der Waals surface area (Å²) in [6.45, 7) is 15.7. The molecule has 6 bridgehead atoms. The Bertz CT molecular complexity index is 4650. The molecule has 0 aliphatic carbocycles. The van der Waals surface area contributed by atoms with Crippen molar-refractivity contribution in [3.63, 3.8) is 0 Å². The molecular formula is C102H112N8O8. The van der Waals surface area contributed by atoms with Gasteiger partial charge in [0.2, 0.25) is 0 Å². The number of ether oxygens (including phenoxy) is 4. The minimum Gasteiger partial charge on any atom is -0.450 e. The topological polar surface area (TPSA) is 140 Å². The minimum absolute atomic E-state index is 0.0496. The molecule has 2 unspecified atom stereocenters. The average Bonchev–Trinajstić information content (AvgIpc) is 0.427. The Kier molecular flexibility index (Phi) is 25.5. The van der Waals surface area contributed by atoms with E-state index in [1.807, 2.05) is 105 Å². The predicted molar refractivity (Wildman–Crippen MR) is 462 cm³/mol. The summed E-state index contributed by atoms with van der Waals surface area (Å²) < 4.78 is 23.5. The quantitative estimate of drug-likeness (QED) is 0.138. The molecule has 14 aliphatic rings. The normalized spacial score (nSPS) is 25.7. The fourth-order valence-electron chi connectivity index (χ4n) is 20.4. The SMILES string of the molecule is CCOC(=O)N1CCc2ccccc2[C@@H]1c1ccccc1.O=C(OC1CN2CCC1CC2)N1CCc2ccccc2[C@@H]1c1ccccc1.O=C(OC1CN2CCC1CC2)N1CCc2ccccc2[C@H]1c1ccccc1.O=C(O[C@H]1CN2CCC1CC2)N1CCc2ccccc2[C@H]1c1ccccc1.c1ccc([C@@H]2NCCc3ccccc32)cc1. The number of rotatable bonds is 9. The molecule has 118 heavy (non-hydrogen) atoms. The van der Waals surface area contributed by atoms with E-state index in [0.29, 0.717) is 56.6 Å². The van der Waals surface area contributed by atoms with Crippen molar-refractivity contribution in [2.45, 2.75) is 126 Å². The molecule has 9 fully saturated rings. The van der Waals surface area contributed by atoms with Crippen molar-refractivity contribution in [2.24, 2.45) is 17.8 Å². The van der Waals surface area contributed by atoms with Crippen LogP contribution in [0.3, 0.4) is 0 Å². The summed E-state index contributed by atoms with van der Waals surface area (Å²) in [4.78, 5) is 66.9. The Balaban J connectivity index is 0.000000107. The standard InChI is InChI=1S/3C23H26N2O2.C18H19NO2.C15H15N/c3*26-23(27-21-16-24-13-10-18(21)11-14-24)25-15-12-17-6-4-5-9-20(17)22(25)19-7-2-1-3-8-19;1-2-21-18(20)19-13-12-14-8-6-7-11-16(14)17(19)15-9-4-3-5-10-15;1-2-7-13(8-3-1)15-14-9-5-4-6-12(14)10-11-16-15/h3*1-9,18,21-22H,10-16H2;3-11,17H,2,12-13H2,1H3;1-9,15-16H,10-11H2/t2*21?,22-;21-,22+;17-;15-/m10000/s1. The number of carbonyl (C=O) groups is 4. The molecular weight excluding hydrogens is 1470 g/mol. The first-order chi connectivity index (χ1) is 58.1. The van der Waals surface area contributed by atoms with E-state index in [4.69, 9.17) is 18.9 Å². The van der Waals surface area contributed by atoms with Gasteiger partial charge in [0.25, 0.3) is 0 Å². The lowest BCUT2D eigenvalue weighted by molar-refractivity contribution is -0.0465. The summed E-state index contributed by atoms with van der Waals surface area (Å²) in [7, 11) is 0. The lowest BCUT2D eigenvalue weighted by atomic mass is 9.86. The van der Waals surface area contributed by atoms with Gasteiger partial charge < -0.3 is 24.3 Å². The van der Waals surface area contributed by atoms with E-state index in [0.717, 1.165) is 158 Å². The minimum atomic E-state index is -0.235. The second kappa shape index (κ2) is 37.8. The molecule has 9 saturated heterocycles. The lowest BCUT2D eigenvalue weighted by Gasteiger charge is -2.45. The molecule has 0 radical (unpaired) electrons. The molecule has 14 heterocycles. The summed E-state index contributed by atoms with van der Waals surface area (Å²) in [6.07, 6.45) is 11.0. The van der Waals surface area contributed by atoms with Crippen LogP contribution in [0.2, 0.25) is 0 Å². The highest BCUT2D eigenvalue weighted by Gasteiger charge is 2.44. The molecule has 4 amide bonds. The second-order valence-corrected chi connectivity index (χ2v) is 33.4. The number of benzene rings is 10. The first kappa shape index (κ1) is 79.6. The number of nitrogens with one attached hydrogen (secondary N) is 1. The van der Waals surface area contributed by atoms with Gasteiger partial charge >= 0.3 is 24.4 Å². The fourth-order valence-corrected chi connectivity index (χ4v) is 20.4. The van der Waals surface area contributed by atoms with E-state index in [-0.39, 0.29) is 66.9 Å². The molecule has 16 nitrogen and oxygen atoms in total. The number of amides is 4. The fraction of sp³-hybridized carbons (Fsp3) is 0.373. The molecule has 0 spiro atoms. The van der Waals surface area contributed by atoms with Crippen molar-refractivity contribution in [1.29, 1.82) is 0 Å². The molecule has 16 heteroatoms. The van der Waals surface area contributed by atoms with Crippen LogP contribution in [-0.4, -0.2) is 175 Å². The monoisotopic (exact) mass is 1580 g/mol. The molecule has 0 saturated carbocycles. The number of fused-ring (bicyclic) bond motifs is 14. The molecule has 24 rings (SSSR count). The molecule has 8 atom stereocenters. The highest BCUT2D eigenvalue weighted by molar-refractivity contribution is 5.73. The van der Waals surface area contributed by atoms with Gasteiger partial charge in [0.1, 0.15) is 18.3 Å². The number of piperidine rings is 9. The summed E-state index contributed by atoms with van der Waals surface area (Å²) in [5.74, 6) is 1.60. The van der Waals surface area contributed by atoms with Crippen LogP contribution in [-0.2, 0) is 51.1 Å². The molecule has 14 aliphatic heterocycles. The van der Waals surface area contributed by atoms with Crippen molar-refractivity contribution >= 4 is 24.4 Å². The van der Waals surface area contributed by atoms with Crippen molar-refractivity contribution < 1.29 is 38.1 Å². The van der Waals surface area contributed by atoms with Crippen LogP contribution in [0.1, 0.15) is 159 Å². The third-order valence-corrected chi connectivity index (χ3v) is 26.6. The zero-order valence-electron chi connectivity index (χ0n) is 68.1. The third-order valence-electron chi connectivity index (χ3n) is 26.6. The van der Waals surface area contributed by atoms with Gasteiger partial charge in [-0.05, 0) is 218 Å². The Morgan fingerprint density at radius 3 is 0.805 bits per heavy atom. The van der Waals surface area contributed by atoms with Gasteiger partial charge in [0, 0.05) is 52.4 Å². The maximum atomic E-state index is 13.2. The number of hydrogen-bond donors (Lipinski definition) is 1. The summed E-state index contributed by atoms with van der Waals surface area (Å²) in [6, 6.07) is 94.5. The Hall–Kier alpha value is -10.9. The van der Waals surface area contributed by atoms with Crippen LogP contribution in [0.5, 0.6) is 0 Å². The van der Waals surface area contributed by atoms with Gasteiger partial charge in [-0.3, -0.25) is 34.3 Å². The van der Waals surface area contributed by atoms with Gasteiger partial charge in [-0.2, -0.15) is 0 Å². The summed E-state index contributed by atoms with van der Waals surface area (Å²) in [5, 5.41) is 3.59. The first-order valence-electron chi connectivity index (χ1n) is 43.5. The summed E-state index contributed by atoms with van der Waals surface area (Å²) >= 11 is 0. The van der Waals surface area contributed by atoms with Gasteiger partial charge in [0.05, 0.1) is 36.8 Å². The maximum absolute atomic E-state index is 13.2. The second-order valence-electron chi connectivity index (χ2n) is 33.4. The highest BCUT2D eigenvalue weighted by atomic mass is 16.6. The van der Waals surface area contributed by atoms with Gasteiger partial charge in [-0.25, -0.2) is 19.2 Å². The predicted octanol–water partition coefficient (Wildman–Crippen LogP) is 18.3. The van der Waals surface area contributed by atoms with E-state index < -0.39 is 0 Å². The van der Waals surface area contributed by atoms with Crippen molar-refractivity contribution in [3.05, 3.63) is 356 Å². The average molecular weight is 1580 g/mol. The van der Waals surface area contributed by atoms with Gasteiger partial charge in [-0.1, -0.05) is 273 Å². The zero-order chi connectivity index (χ0) is 80.1. The highest BCUT2D eigenvalue weighted by Crippen LogP contribution is 2.43. The Labute approximate surface area is 696 Å². The van der Waals surface area contributed by atoms with Crippen molar-refractivity contribution in [2.75, 3.05) is 98.2 Å². The zero-order valence-corrected chi connectivity index (χ0v) is 68.1. The maximum Gasteiger partial charge on any atom is 0.410 e. The number of nitrogens with zero attached hydrogens (tertiary/aromatic N) is 7. The van der Waals surface area contributed by atoms with Crippen LogP contribution in [0.4, 0.5) is 19.2 Å². The number of hydrogen-bond acceptors (Lipinski definition) is 12. The molecule has 10 aromatic carbocycles. The van der Waals surface area contributed by atoms with Gasteiger partial charge in [-0.15, -0.1) is 0 Å². The first-order valence-corrected chi connectivity index (χ1v) is 43.5. The van der Waals surface area contributed by atoms with E-state index in [1.54, 1.807) is 0 Å². The number of carbonyl (C=O) groups excluding carboxylic acids is 4. The summed E-state index contributed by atoms with van der Waals surface area (Å²) in [5.41, 5.74) is 19.0. The third kappa shape index (κ3) is 18.1. The molecule has 0 aromatic heterocycles. The van der Waals surface area contributed by atoms with Crippen LogP contribution in [0.25, 0.3) is 0 Å². The van der Waals surface area contributed by atoms with Gasteiger partial charge in [0.15, 0.2) is 0 Å². The van der Waals surface area contributed by atoms with Crippen LogP contribution < -0.4 is 5.32 Å². The Morgan fingerprint density at radius 2 is 0.534 bits per heavy atom. The van der Waals surface area contributed by atoms with Crippen LogP contribution in [0.15, 0.2) is 273 Å². The van der Waals surface area contributed by atoms with Crippen LogP contribution in [0, 0.1) is 17.8 Å². The van der Waals surface area contributed by atoms with E-state index in [2.05, 4.69) is 214 Å². The van der Waals surface area contributed by atoms with E-state index in [9.17, 15) is 19.2 Å². The smallest absolute Gasteiger partial charge is 0.410 e. The largest absolute Gasteiger partial charge is 0.450 e. The molecule has 608 valence electrons. The van der Waals surface area contributed by atoms with E-state index >= 15 is 0 Å². The van der Waals surface area contributed by atoms with E-state index in [1.165, 1.54) is 61.2 Å². The van der Waals surface area contributed by atoms with Crippen molar-refractivity contribution in [3.8, 4) is 0 Å². The van der Waals surface area contributed by atoms with Crippen LogP contribution >= 0.6 is 0 Å². The molecule has 1 N–H and O–H groups in total. The molecule has 10 aromatic rings.